The van der Waals surface area contributed by atoms with Crippen molar-refractivity contribution in [3.8, 4) is 0 Å². The van der Waals surface area contributed by atoms with E-state index in [1.807, 2.05) is 20.8 Å². The van der Waals surface area contributed by atoms with Gasteiger partial charge in [0.05, 0.1) is 18.2 Å². The van der Waals surface area contributed by atoms with Crippen LogP contribution in [0.4, 0.5) is 4.79 Å². The molecule has 1 aliphatic carbocycles. The predicted molar refractivity (Wildman–Crippen MR) is 63.9 cm³/mol. The summed E-state index contributed by atoms with van der Waals surface area (Å²) in [6.45, 7) is 8.00. The minimum atomic E-state index is -0.453. The molecule has 2 fully saturated rings. The third kappa shape index (κ3) is 3.33. The van der Waals surface area contributed by atoms with Crippen LogP contribution in [0.3, 0.4) is 0 Å². The second-order valence-electron chi connectivity index (χ2n) is 5.85. The summed E-state index contributed by atoms with van der Waals surface area (Å²) in [7, 11) is 0. The maximum absolute atomic E-state index is 11.7. The van der Waals surface area contributed by atoms with Gasteiger partial charge in [-0.15, -0.1) is 0 Å². The Labute approximate surface area is 102 Å². The van der Waals surface area contributed by atoms with Gasteiger partial charge >= 0.3 is 6.09 Å². The summed E-state index contributed by atoms with van der Waals surface area (Å²) in [5, 5.41) is 6.25. The lowest BCUT2D eigenvalue weighted by atomic mass is 10.1. The van der Waals surface area contributed by atoms with Gasteiger partial charge in [-0.3, -0.25) is 0 Å². The number of carbonyl (C=O) groups is 1. The molecule has 1 saturated carbocycles. The quantitative estimate of drug-likeness (QED) is 0.759. The van der Waals surface area contributed by atoms with E-state index >= 15 is 0 Å². The standard InChI is InChI=1S/C12H22N2O3/c1-11(2,3)17-10(15)14-12(4-5-12)9-8-13-6-7-16-9/h9,13H,4-8H2,1-3H3,(H,14,15). The molecule has 0 spiro atoms. The van der Waals surface area contributed by atoms with Crippen LogP contribution in [0.1, 0.15) is 33.6 Å². The Balaban J connectivity index is 1.87. The van der Waals surface area contributed by atoms with Gasteiger partial charge in [-0.25, -0.2) is 4.79 Å². The van der Waals surface area contributed by atoms with Crippen LogP contribution in [0.2, 0.25) is 0 Å². The monoisotopic (exact) mass is 242 g/mol. The summed E-state index contributed by atoms with van der Waals surface area (Å²) in [5.41, 5.74) is -0.651. The van der Waals surface area contributed by atoms with Crippen LogP contribution in [0, 0.1) is 0 Å². The topological polar surface area (TPSA) is 59.6 Å². The van der Waals surface area contributed by atoms with Crippen molar-refractivity contribution >= 4 is 6.09 Å². The average Bonchev–Trinajstić information content (AvgIpc) is 2.97. The van der Waals surface area contributed by atoms with E-state index < -0.39 is 5.60 Å². The van der Waals surface area contributed by atoms with E-state index in [1.165, 1.54) is 0 Å². The highest BCUT2D eigenvalue weighted by Gasteiger charge is 2.52. The van der Waals surface area contributed by atoms with E-state index in [2.05, 4.69) is 10.6 Å². The Morgan fingerprint density at radius 3 is 2.65 bits per heavy atom. The van der Waals surface area contributed by atoms with Crippen LogP contribution < -0.4 is 10.6 Å². The summed E-state index contributed by atoms with van der Waals surface area (Å²) < 4.78 is 11.0. The molecule has 2 aliphatic rings. The number of alkyl carbamates (subject to hydrolysis) is 1. The van der Waals surface area contributed by atoms with Crippen LogP contribution in [0.25, 0.3) is 0 Å². The molecular weight excluding hydrogens is 220 g/mol. The number of ether oxygens (including phenoxy) is 2. The highest BCUT2D eigenvalue weighted by molar-refractivity contribution is 5.69. The number of hydrogen-bond acceptors (Lipinski definition) is 4. The number of rotatable bonds is 2. The van der Waals surface area contributed by atoms with Gasteiger partial charge in [-0.1, -0.05) is 0 Å². The molecule has 5 heteroatoms. The minimum absolute atomic E-state index is 0.0729. The Morgan fingerprint density at radius 1 is 1.47 bits per heavy atom. The molecule has 17 heavy (non-hydrogen) atoms. The fourth-order valence-electron chi connectivity index (χ4n) is 2.09. The Kier molecular flexibility index (Phi) is 3.32. The molecule has 1 aliphatic heterocycles. The molecule has 2 N–H and O–H groups in total. The number of carbonyl (C=O) groups excluding carboxylic acids is 1. The Hall–Kier alpha value is -0.810. The fourth-order valence-corrected chi connectivity index (χ4v) is 2.09. The van der Waals surface area contributed by atoms with Gasteiger partial charge < -0.3 is 20.1 Å². The van der Waals surface area contributed by atoms with E-state index in [0.29, 0.717) is 6.61 Å². The zero-order valence-corrected chi connectivity index (χ0v) is 10.8. The number of hydrogen-bond donors (Lipinski definition) is 2. The molecule has 1 saturated heterocycles. The van der Waals surface area contributed by atoms with Gasteiger partial charge in [0.1, 0.15) is 5.60 Å². The molecule has 1 unspecified atom stereocenters. The van der Waals surface area contributed by atoms with Crippen molar-refractivity contribution in [1.82, 2.24) is 10.6 Å². The van der Waals surface area contributed by atoms with Crippen LogP contribution in [-0.2, 0) is 9.47 Å². The molecule has 0 bridgehead atoms. The molecule has 1 heterocycles. The first-order chi connectivity index (χ1) is 7.91. The van der Waals surface area contributed by atoms with Crippen LogP contribution in [0.15, 0.2) is 0 Å². The van der Waals surface area contributed by atoms with Gasteiger partial charge in [-0.05, 0) is 33.6 Å². The van der Waals surface area contributed by atoms with E-state index in [9.17, 15) is 4.79 Å². The number of morpholine rings is 1. The van der Waals surface area contributed by atoms with Crippen molar-refractivity contribution in [2.24, 2.45) is 0 Å². The Bertz CT molecular complexity index is 289. The summed E-state index contributed by atoms with van der Waals surface area (Å²) in [6.07, 6.45) is 1.67. The maximum atomic E-state index is 11.7. The summed E-state index contributed by atoms with van der Waals surface area (Å²) in [5.74, 6) is 0. The smallest absolute Gasteiger partial charge is 0.408 e. The zero-order valence-electron chi connectivity index (χ0n) is 10.8. The van der Waals surface area contributed by atoms with Gasteiger partial charge in [-0.2, -0.15) is 0 Å². The lowest BCUT2D eigenvalue weighted by molar-refractivity contribution is -0.00933. The largest absolute Gasteiger partial charge is 0.444 e. The first kappa shape index (κ1) is 12.6. The van der Waals surface area contributed by atoms with Gasteiger partial charge in [0.2, 0.25) is 0 Å². The predicted octanol–water partition coefficient (Wildman–Crippen LogP) is 1.03. The lowest BCUT2D eigenvalue weighted by Crippen LogP contribution is -2.54. The van der Waals surface area contributed by atoms with Crippen molar-refractivity contribution in [3.63, 3.8) is 0 Å². The molecule has 1 atom stereocenters. The first-order valence-electron chi connectivity index (χ1n) is 6.25. The van der Waals surface area contributed by atoms with Gasteiger partial charge in [0.15, 0.2) is 0 Å². The van der Waals surface area contributed by atoms with Gasteiger partial charge in [0, 0.05) is 13.1 Å². The minimum Gasteiger partial charge on any atom is -0.444 e. The summed E-state index contributed by atoms with van der Waals surface area (Å²) in [4.78, 5) is 11.7. The first-order valence-corrected chi connectivity index (χ1v) is 6.25. The average molecular weight is 242 g/mol. The summed E-state index contributed by atoms with van der Waals surface area (Å²) in [6, 6.07) is 0. The molecule has 2 rings (SSSR count). The second-order valence-corrected chi connectivity index (χ2v) is 5.85. The number of nitrogens with one attached hydrogen (secondary N) is 2. The molecular formula is C12H22N2O3. The van der Waals surface area contributed by atoms with E-state index in [0.717, 1.165) is 25.9 Å². The van der Waals surface area contributed by atoms with Crippen molar-refractivity contribution in [1.29, 1.82) is 0 Å². The second kappa shape index (κ2) is 4.46. The van der Waals surface area contributed by atoms with E-state index in [4.69, 9.17) is 9.47 Å². The Morgan fingerprint density at radius 2 is 2.18 bits per heavy atom. The van der Waals surface area contributed by atoms with Crippen LogP contribution in [0.5, 0.6) is 0 Å². The summed E-state index contributed by atoms with van der Waals surface area (Å²) >= 11 is 0. The highest BCUT2D eigenvalue weighted by atomic mass is 16.6. The van der Waals surface area contributed by atoms with Crippen molar-refractivity contribution in [2.45, 2.75) is 50.9 Å². The highest BCUT2D eigenvalue weighted by Crippen LogP contribution is 2.40. The normalized spacial score (nSPS) is 27.4. The molecule has 0 aromatic heterocycles. The number of amides is 1. The molecule has 0 aromatic carbocycles. The maximum Gasteiger partial charge on any atom is 0.408 e. The van der Waals surface area contributed by atoms with Crippen molar-refractivity contribution in [3.05, 3.63) is 0 Å². The van der Waals surface area contributed by atoms with Crippen LogP contribution in [-0.4, -0.2) is 43.0 Å². The van der Waals surface area contributed by atoms with E-state index in [-0.39, 0.29) is 17.7 Å². The fraction of sp³-hybridized carbons (Fsp3) is 0.917. The molecule has 98 valence electrons. The van der Waals surface area contributed by atoms with Crippen LogP contribution >= 0.6 is 0 Å². The SMILES string of the molecule is CC(C)(C)OC(=O)NC1(C2CNCCO2)CC1. The molecule has 5 nitrogen and oxygen atoms in total. The zero-order chi connectivity index (χ0) is 12.5. The molecule has 0 aromatic rings. The lowest BCUT2D eigenvalue weighted by Gasteiger charge is -2.32. The molecule has 1 amide bonds. The van der Waals surface area contributed by atoms with Crippen molar-refractivity contribution in [2.75, 3.05) is 19.7 Å². The van der Waals surface area contributed by atoms with E-state index in [1.54, 1.807) is 0 Å². The van der Waals surface area contributed by atoms with Crippen molar-refractivity contribution < 1.29 is 14.3 Å². The van der Waals surface area contributed by atoms with Gasteiger partial charge in [0.25, 0.3) is 0 Å². The molecule has 0 radical (unpaired) electrons. The third-order valence-corrected chi connectivity index (χ3v) is 3.08. The third-order valence-electron chi connectivity index (χ3n) is 3.08.